The molecule has 0 N–H and O–H groups in total. The summed E-state index contributed by atoms with van der Waals surface area (Å²) < 4.78 is 6.96. The molecule has 1 atom stereocenters. The molecular weight excluding hydrogens is 372 g/mol. The smallest absolute Gasteiger partial charge is 0.267 e. The van der Waals surface area contributed by atoms with E-state index in [1.54, 1.807) is 10.7 Å². The van der Waals surface area contributed by atoms with E-state index >= 15 is 0 Å². The molecule has 2 amide bonds. The molecule has 1 aliphatic carbocycles. The van der Waals surface area contributed by atoms with Crippen LogP contribution in [0.15, 0.2) is 10.9 Å². The second kappa shape index (κ2) is 7.55. The molecule has 8 heteroatoms. The van der Waals surface area contributed by atoms with Gasteiger partial charge in [0.2, 0.25) is 11.8 Å². The third-order valence-corrected chi connectivity index (χ3v) is 6.86. The van der Waals surface area contributed by atoms with E-state index in [0.717, 1.165) is 43.4 Å². The number of carbonyl (C=O) groups is 2. The quantitative estimate of drug-likeness (QED) is 0.722. The van der Waals surface area contributed by atoms with Crippen molar-refractivity contribution in [1.29, 1.82) is 0 Å². The van der Waals surface area contributed by atoms with Gasteiger partial charge in [0.05, 0.1) is 18.2 Å². The molecule has 3 fully saturated rings. The maximum atomic E-state index is 12.9. The first-order valence-corrected chi connectivity index (χ1v) is 10.8. The van der Waals surface area contributed by atoms with Crippen molar-refractivity contribution >= 4 is 11.8 Å². The van der Waals surface area contributed by atoms with Crippen LogP contribution in [0.2, 0.25) is 0 Å². The Morgan fingerprint density at radius 2 is 1.93 bits per heavy atom. The molecule has 0 radical (unpaired) electrons. The number of carbonyl (C=O) groups excluding carboxylic acids is 2. The standard InChI is InChI=1S/C21H28N4O4/c26-19-9-16(13-24(19)17-4-6-29-7-5-17)21(28)23-10-14(11-23)12-25-20(27)8-15-2-1-3-18(15)22-25/h8,14,16-17H,1-7,9-13H2. The summed E-state index contributed by atoms with van der Waals surface area (Å²) in [6, 6.07) is 1.95. The van der Waals surface area contributed by atoms with Crippen molar-refractivity contribution in [3.8, 4) is 0 Å². The minimum Gasteiger partial charge on any atom is -0.381 e. The highest BCUT2D eigenvalue weighted by Gasteiger charge is 2.42. The molecule has 0 spiro atoms. The lowest BCUT2D eigenvalue weighted by Crippen LogP contribution is -2.54. The Balaban J connectivity index is 1.15. The van der Waals surface area contributed by atoms with Gasteiger partial charge in [0.25, 0.3) is 5.56 Å². The van der Waals surface area contributed by atoms with Crippen molar-refractivity contribution in [3.05, 3.63) is 27.7 Å². The molecule has 29 heavy (non-hydrogen) atoms. The number of fused-ring (bicyclic) bond motifs is 1. The first kappa shape index (κ1) is 18.8. The molecule has 0 saturated carbocycles. The van der Waals surface area contributed by atoms with Crippen LogP contribution in [-0.4, -0.2) is 70.3 Å². The van der Waals surface area contributed by atoms with Crippen LogP contribution in [0.25, 0.3) is 0 Å². The SMILES string of the molecule is O=C(C1CC(=O)N(C2CCOCC2)C1)N1CC(Cn2nc3c(cc2=O)CCC3)C1. The Bertz CT molecular complexity index is 870. The van der Waals surface area contributed by atoms with Crippen molar-refractivity contribution in [1.82, 2.24) is 19.6 Å². The molecular formula is C21H28N4O4. The second-order valence-electron chi connectivity index (χ2n) is 8.89. The monoisotopic (exact) mass is 400 g/mol. The lowest BCUT2D eigenvalue weighted by atomic mass is 9.96. The van der Waals surface area contributed by atoms with Crippen LogP contribution >= 0.6 is 0 Å². The molecule has 1 aromatic rings. The summed E-state index contributed by atoms with van der Waals surface area (Å²) in [5, 5.41) is 4.53. The number of nitrogens with zero attached hydrogens (tertiary/aromatic N) is 4. The van der Waals surface area contributed by atoms with E-state index in [0.29, 0.717) is 45.8 Å². The summed E-state index contributed by atoms with van der Waals surface area (Å²) in [5.74, 6) is 0.207. The fraction of sp³-hybridized carbons (Fsp3) is 0.714. The van der Waals surface area contributed by atoms with Gasteiger partial charge >= 0.3 is 0 Å². The molecule has 5 rings (SSSR count). The van der Waals surface area contributed by atoms with E-state index in [-0.39, 0.29) is 35.3 Å². The van der Waals surface area contributed by atoms with Crippen LogP contribution in [-0.2, 0) is 33.7 Å². The van der Waals surface area contributed by atoms with Crippen molar-refractivity contribution in [2.24, 2.45) is 11.8 Å². The van der Waals surface area contributed by atoms with Gasteiger partial charge < -0.3 is 14.5 Å². The Morgan fingerprint density at radius 3 is 2.72 bits per heavy atom. The maximum absolute atomic E-state index is 12.9. The number of hydrogen-bond donors (Lipinski definition) is 0. The second-order valence-corrected chi connectivity index (χ2v) is 8.89. The number of likely N-dealkylation sites (tertiary alicyclic amines) is 2. The van der Waals surface area contributed by atoms with Crippen molar-refractivity contribution in [2.75, 3.05) is 32.8 Å². The van der Waals surface area contributed by atoms with Gasteiger partial charge in [0, 0.05) is 57.3 Å². The first-order chi connectivity index (χ1) is 14.1. The van der Waals surface area contributed by atoms with E-state index in [2.05, 4.69) is 5.10 Å². The average Bonchev–Trinajstić information content (AvgIpc) is 3.30. The van der Waals surface area contributed by atoms with Gasteiger partial charge in [0.1, 0.15) is 0 Å². The highest BCUT2D eigenvalue weighted by atomic mass is 16.5. The molecule has 1 aromatic heterocycles. The molecule has 4 heterocycles. The van der Waals surface area contributed by atoms with Crippen LogP contribution in [0.4, 0.5) is 0 Å². The molecule has 0 aromatic carbocycles. The zero-order valence-corrected chi connectivity index (χ0v) is 16.7. The topological polar surface area (TPSA) is 84.7 Å². The highest BCUT2D eigenvalue weighted by Crippen LogP contribution is 2.29. The summed E-state index contributed by atoms with van der Waals surface area (Å²) in [6.45, 7) is 3.77. The molecule has 8 nitrogen and oxygen atoms in total. The molecule has 3 aliphatic heterocycles. The summed E-state index contributed by atoms with van der Waals surface area (Å²) in [5.41, 5.74) is 2.11. The van der Waals surface area contributed by atoms with Gasteiger partial charge in [-0.15, -0.1) is 0 Å². The van der Waals surface area contributed by atoms with Crippen LogP contribution < -0.4 is 5.56 Å². The normalized spacial score (nSPS) is 25.4. The minimum atomic E-state index is -0.230. The van der Waals surface area contributed by atoms with Crippen LogP contribution in [0, 0.1) is 11.8 Å². The number of aromatic nitrogens is 2. The van der Waals surface area contributed by atoms with Gasteiger partial charge in [-0.1, -0.05) is 0 Å². The molecule has 3 saturated heterocycles. The maximum Gasteiger partial charge on any atom is 0.267 e. The van der Waals surface area contributed by atoms with Crippen LogP contribution in [0.1, 0.15) is 36.9 Å². The van der Waals surface area contributed by atoms with Crippen molar-refractivity contribution in [2.45, 2.75) is 51.1 Å². The Labute approximate surface area is 169 Å². The van der Waals surface area contributed by atoms with Gasteiger partial charge in [-0.2, -0.15) is 5.10 Å². The fourth-order valence-corrected chi connectivity index (χ4v) is 5.18. The Morgan fingerprint density at radius 1 is 1.14 bits per heavy atom. The highest BCUT2D eigenvalue weighted by molar-refractivity contribution is 5.89. The summed E-state index contributed by atoms with van der Waals surface area (Å²) in [6.07, 6.45) is 5.02. The third-order valence-electron chi connectivity index (χ3n) is 6.86. The number of hydrogen-bond acceptors (Lipinski definition) is 5. The largest absolute Gasteiger partial charge is 0.381 e. The van der Waals surface area contributed by atoms with Crippen molar-refractivity contribution < 1.29 is 14.3 Å². The lowest BCUT2D eigenvalue weighted by molar-refractivity contribution is -0.142. The van der Waals surface area contributed by atoms with E-state index < -0.39 is 0 Å². The fourth-order valence-electron chi connectivity index (χ4n) is 5.18. The zero-order chi connectivity index (χ0) is 20.0. The van der Waals surface area contributed by atoms with Crippen LogP contribution in [0.3, 0.4) is 0 Å². The average molecular weight is 400 g/mol. The predicted molar refractivity (Wildman–Crippen MR) is 104 cm³/mol. The van der Waals surface area contributed by atoms with Crippen LogP contribution in [0.5, 0.6) is 0 Å². The lowest BCUT2D eigenvalue weighted by Gasteiger charge is -2.40. The minimum absolute atomic E-state index is 0.0380. The number of aryl methyl sites for hydroxylation is 2. The molecule has 156 valence electrons. The van der Waals surface area contributed by atoms with Gasteiger partial charge in [-0.05, 0) is 37.7 Å². The zero-order valence-electron chi connectivity index (χ0n) is 16.7. The summed E-state index contributed by atoms with van der Waals surface area (Å²) >= 11 is 0. The van der Waals surface area contributed by atoms with Gasteiger partial charge in [-0.3, -0.25) is 14.4 Å². The molecule has 0 bridgehead atoms. The molecule has 4 aliphatic rings. The van der Waals surface area contributed by atoms with E-state index in [4.69, 9.17) is 4.74 Å². The number of amides is 2. The van der Waals surface area contributed by atoms with Gasteiger partial charge in [0.15, 0.2) is 0 Å². The van der Waals surface area contributed by atoms with Gasteiger partial charge in [-0.25, -0.2) is 4.68 Å². The van der Waals surface area contributed by atoms with Crippen molar-refractivity contribution in [3.63, 3.8) is 0 Å². The number of rotatable bonds is 4. The third kappa shape index (κ3) is 3.58. The molecule has 1 unspecified atom stereocenters. The van der Waals surface area contributed by atoms with E-state index in [9.17, 15) is 14.4 Å². The Hall–Kier alpha value is -2.22. The van der Waals surface area contributed by atoms with E-state index in [1.165, 1.54) is 0 Å². The first-order valence-electron chi connectivity index (χ1n) is 10.8. The number of ether oxygens (including phenoxy) is 1. The van der Waals surface area contributed by atoms with E-state index in [1.807, 2.05) is 9.80 Å². The summed E-state index contributed by atoms with van der Waals surface area (Å²) in [7, 11) is 0. The summed E-state index contributed by atoms with van der Waals surface area (Å²) in [4.78, 5) is 41.3. The predicted octanol–water partition coefficient (Wildman–Crippen LogP) is 0.218. The Kier molecular flexibility index (Phi) is 4.89.